The zero-order valence-corrected chi connectivity index (χ0v) is 20.0. The summed E-state index contributed by atoms with van der Waals surface area (Å²) in [6, 6.07) is 11.3. The molecule has 1 N–H and O–H groups in total. The molecule has 1 aliphatic heterocycles. The fraction of sp³-hybridized carbons (Fsp3) is 0.381. The van der Waals surface area contributed by atoms with Crippen molar-refractivity contribution in [1.29, 1.82) is 0 Å². The first-order valence-electron chi connectivity index (χ1n) is 10.0. The van der Waals surface area contributed by atoms with Gasteiger partial charge in [0.05, 0.1) is 33.2 Å². The van der Waals surface area contributed by atoms with Crippen LogP contribution in [-0.2, 0) is 24.8 Å². The van der Waals surface area contributed by atoms with E-state index in [1.165, 1.54) is 44.4 Å². The quantitative estimate of drug-likeness (QED) is 0.675. The van der Waals surface area contributed by atoms with E-state index in [4.69, 9.17) is 4.74 Å². The second-order valence-corrected chi connectivity index (χ2v) is 11.7. The monoisotopic (exact) mass is 481 g/mol. The van der Waals surface area contributed by atoms with Gasteiger partial charge in [-0.15, -0.1) is 0 Å². The van der Waals surface area contributed by atoms with E-state index in [9.17, 15) is 21.6 Å². The number of benzene rings is 2. The van der Waals surface area contributed by atoms with E-state index in [-0.39, 0.29) is 39.2 Å². The van der Waals surface area contributed by atoms with Crippen LogP contribution in [0.2, 0.25) is 0 Å². The molecule has 1 amide bonds. The third-order valence-corrected chi connectivity index (χ3v) is 8.23. The number of amides is 1. The fourth-order valence-electron chi connectivity index (χ4n) is 3.48. The normalized spacial score (nSPS) is 19.7. The van der Waals surface area contributed by atoms with Crippen LogP contribution >= 0.6 is 0 Å². The molecule has 2 unspecified atom stereocenters. The molecule has 0 spiro atoms. The Labute approximate surface area is 189 Å². The van der Waals surface area contributed by atoms with Gasteiger partial charge in [0.25, 0.3) is 15.9 Å². The van der Waals surface area contributed by atoms with Crippen LogP contribution in [0.1, 0.15) is 24.2 Å². The van der Waals surface area contributed by atoms with Gasteiger partial charge in [0, 0.05) is 27.2 Å². The molecule has 9 nitrogen and oxygen atoms in total. The van der Waals surface area contributed by atoms with Crippen molar-refractivity contribution in [2.75, 3.05) is 31.9 Å². The lowest BCUT2D eigenvalue weighted by molar-refractivity contribution is -0.0585. The predicted molar refractivity (Wildman–Crippen MR) is 120 cm³/mol. The van der Waals surface area contributed by atoms with Gasteiger partial charge in [-0.25, -0.2) is 21.1 Å². The number of morpholine rings is 1. The number of hydrogen-bond acceptors (Lipinski definition) is 6. The Kier molecular flexibility index (Phi) is 6.94. The maximum atomic E-state index is 13.1. The summed E-state index contributed by atoms with van der Waals surface area (Å²) in [4.78, 5) is 14.6. The van der Waals surface area contributed by atoms with Crippen molar-refractivity contribution in [3.8, 4) is 0 Å². The Morgan fingerprint density at radius 3 is 2.03 bits per heavy atom. The summed E-state index contributed by atoms with van der Waals surface area (Å²) in [5.41, 5.74) is 0.374. The second kappa shape index (κ2) is 9.18. The van der Waals surface area contributed by atoms with Crippen molar-refractivity contribution in [2.24, 2.45) is 0 Å². The first kappa shape index (κ1) is 24.2. The Hall–Kier alpha value is -2.47. The smallest absolute Gasteiger partial charge is 0.261 e. The van der Waals surface area contributed by atoms with E-state index in [0.717, 1.165) is 4.31 Å². The van der Waals surface area contributed by atoms with Gasteiger partial charge in [0.15, 0.2) is 0 Å². The molecule has 32 heavy (non-hydrogen) atoms. The molecule has 0 bridgehead atoms. The van der Waals surface area contributed by atoms with Gasteiger partial charge in [-0.2, -0.15) is 0 Å². The topological polar surface area (TPSA) is 113 Å². The average molecular weight is 482 g/mol. The highest BCUT2D eigenvalue weighted by Crippen LogP contribution is 2.24. The van der Waals surface area contributed by atoms with Crippen molar-refractivity contribution in [3.05, 3.63) is 54.1 Å². The number of carbonyl (C=O) groups excluding carboxylic acids is 1. The van der Waals surface area contributed by atoms with Crippen molar-refractivity contribution >= 4 is 31.6 Å². The minimum atomic E-state index is -4.06. The van der Waals surface area contributed by atoms with Gasteiger partial charge in [0.2, 0.25) is 10.0 Å². The first-order valence-corrected chi connectivity index (χ1v) is 12.9. The van der Waals surface area contributed by atoms with Crippen LogP contribution in [-0.4, -0.2) is 71.3 Å². The van der Waals surface area contributed by atoms with Gasteiger partial charge in [0.1, 0.15) is 0 Å². The van der Waals surface area contributed by atoms with Crippen LogP contribution < -0.4 is 4.72 Å². The minimum absolute atomic E-state index is 0.0208. The first-order chi connectivity index (χ1) is 14.9. The van der Waals surface area contributed by atoms with E-state index >= 15 is 0 Å². The zero-order chi connectivity index (χ0) is 23.7. The van der Waals surface area contributed by atoms with E-state index in [0.29, 0.717) is 13.1 Å². The van der Waals surface area contributed by atoms with Gasteiger partial charge in [-0.1, -0.05) is 12.1 Å². The number of nitrogens with zero attached hydrogens (tertiary/aromatic N) is 2. The lowest BCUT2D eigenvalue weighted by atomic mass is 10.1. The Bertz CT molecular complexity index is 1180. The van der Waals surface area contributed by atoms with Crippen LogP contribution in [0, 0.1) is 0 Å². The number of carbonyl (C=O) groups is 1. The molecule has 1 aliphatic rings. The Morgan fingerprint density at radius 2 is 1.47 bits per heavy atom. The molecule has 2 aromatic rings. The van der Waals surface area contributed by atoms with Crippen LogP contribution in [0.15, 0.2) is 58.3 Å². The molecule has 11 heteroatoms. The van der Waals surface area contributed by atoms with Gasteiger partial charge >= 0.3 is 0 Å². The predicted octanol–water partition coefficient (Wildman–Crippen LogP) is 1.99. The Morgan fingerprint density at radius 1 is 0.938 bits per heavy atom. The third kappa shape index (κ3) is 5.12. The molecule has 2 aromatic carbocycles. The van der Waals surface area contributed by atoms with Crippen LogP contribution in [0.25, 0.3) is 0 Å². The number of nitrogens with one attached hydrogen (secondary N) is 1. The van der Waals surface area contributed by atoms with Crippen LogP contribution in [0.5, 0.6) is 0 Å². The van der Waals surface area contributed by atoms with Crippen molar-refractivity contribution in [2.45, 2.75) is 35.8 Å². The molecule has 3 rings (SSSR count). The lowest BCUT2D eigenvalue weighted by Gasteiger charge is -2.35. The standard InChI is InChI=1S/C21H27N3O6S2/c1-15-13-24(14-16(2)30-15)21(25)19-7-5-6-8-20(19)22-31(26,27)17-9-11-18(12-10-17)32(28,29)23(3)4/h5-12,15-16,22H,13-14H2,1-4H3. The van der Waals surface area contributed by atoms with Crippen LogP contribution in [0.3, 0.4) is 0 Å². The van der Waals surface area contributed by atoms with Gasteiger partial charge < -0.3 is 9.64 Å². The fourth-order valence-corrected chi connectivity index (χ4v) is 5.46. The SMILES string of the molecule is CC1CN(C(=O)c2ccccc2NS(=O)(=O)c2ccc(S(=O)(=O)N(C)C)cc2)CC(C)O1. The lowest BCUT2D eigenvalue weighted by Crippen LogP contribution is -2.48. The van der Waals surface area contributed by atoms with Crippen molar-refractivity contribution in [3.63, 3.8) is 0 Å². The highest BCUT2D eigenvalue weighted by molar-refractivity contribution is 7.92. The highest BCUT2D eigenvalue weighted by Gasteiger charge is 2.29. The number of anilines is 1. The molecular formula is C21H27N3O6S2. The van der Waals surface area contributed by atoms with Gasteiger partial charge in [-0.3, -0.25) is 9.52 Å². The summed E-state index contributed by atoms with van der Waals surface area (Å²) in [5, 5.41) is 0. The molecule has 1 fully saturated rings. The largest absolute Gasteiger partial charge is 0.372 e. The van der Waals surface area contributed by atoms with E-state index in [1.807, 2.05) is 13.8 Å². The molecule has 1 saturated heterocycles. The highest BCUT2D eigenvalue weighted by atomic mass is 32.2. The molecule has 1 heterocycles. The number of sulfonamides is 2. The van der Waals surface area contributed by atoms with Crippen LogP contribution in [0.4, 0.5) is 5.69 Å². The summed E-state index contributed by atoms with van der Waals surface area (Å²) in [6.07, 6.45) is -0.243. The number of hydrogen-bond donors (Lipinski definition) is 1. The molecule has 174 valence electrons. The summed E-state index contributed by atoms with van der Waals surface area (Å²) < 4.78 is 59.5. The number of para-hydroxylation sites is 1. The second-order valence-electron chi connectivity index (χ2n) is 7.88. The van der Waals surface area contributed by atoms with Crippen molar-refractivity contribution in [1.82, 2.24) is 9.21 Å². The maximum absolute atomic E-state index is 13.1. The number of ether oxygens (including phenoxy) is 1. The minimum Gasteiger partial charge on any atom is -0.372 e. The molecule has 0 aliphatic carbocycles. The summed E-state index contributed by atoms with van der Waals surface area (Å²) in [6.45, 7) is 4.58. The van der Waals surface area contributed by atoms with E-state index in [1.54, 1.807) is 23.1 Å². The zero-order valence-electron chi connectivity index (χ0n) is 18.3. The Balaban J connectivity index is 1.87. The average Bonchev–Trinajstić information content (AvgIpc) is 2.72. The summed E-state index contributed by atoms with van der Waals surface area (Å²) >= 11 is 0. The summed E-state index contributed by atoms with van der Waals surface area (Å²) in [7, 11) is -4.95. The number of rotatable bonds is 6. The molecule has 2 atom stereocenters. The molecule has 0 saturated carbocycles. The third-order valence-electron chi connectivity index (χ3n) is 5.02. The van der Waals surface area contributed by atoms with E-state index < -0.39 is 20.0 Å². The van der Waals surface area contributed by atoms with Crippen molar-refractivity contribution < 1.29 is 26.4 Å². The molecule has 0 aromatic heterocycles. The van der Waals surface area contributed by atoms with E-state index in [2.05, 4.69) is 4.72 Å². The molecular weight excluding hydrogens is 454 g/mol. The maximum Gasteiger partial charge on any atom is 0.261 e. The summed E-state index contributed by atoms with van der Waals surface area (Å²) in [5.74, 6) is -0.294. The molecule has 0 radical (unpaired) electrons. The van der Waals surface area contributed by atoms with Gasteiger partial charge in [-0.05, 0) is 50.2 Å².